The van der Waals surface area contributed by atoms with Gasteiger partial charge in [0.2, 0.25) is 0 Å². The van der Waals surface area contributed by atoms with E-state index in [0.29, 0.717) is 0 Å². The van der Waals surface area contributed by atoms with Crippen molar-refractivity contribution in [2.45, 2.75) is 25.6 Å². The minimum Gasteiger partial charge on any atom is -0.353 e. The maximum absolute atomic E-state index is 12.9. The lowest BCUT2D eigenvalue weighted by Crippen LogP contribution is -2.46. The molecule has 1 aromatic rings. The molecule has 0 radical (unpaired) electrons. The first-order chi connectivity index (χ1) is 6.74. The Hall–Kier alpha value is -1.40. The summed E-state index contributed by atoms with van der Waals surface area (Å²) < 4.78 is 50.2. The van der Waals surface area contributed by atoms with Crippen LogP contribution in [0.3, 0.4) is 0 Å². The molecule has 1 N–H and O–H groups in total. The van der Waals surface area contributed by atoms with Crippen LogP contribution in [-0.4, -0.2) is 21.7 Å². The summed E-state index contributed by atoms with van der Waals surface area (Å²) in [5.41, 5.74) is -2.26. The van der Waals surface area contributed by atoms with Gasteiger partial charge in [0.15, 0.2) is 5.82 Å². The van der Waals surface area contributed by atoms with E-state index in [1.807, 2.05) is 5.32 Å². The zero-order chi connectivity index (χ0) is 11.7. The molecule has 1 heterocycles. The first-order valence-corrected chi connectivity index (χ1v) is 4.05. The maximum Gasteiger partial charge on any atom is 0.410 e. The van der Waals surface area contributed by atoms with E-state index in [1.165, 1.54) is 0 Å². The highest BCUT2D eigenvalue weighted by molar-refractivity contribution is 5.36. The number of halogens is 4. The molecule has 1 aromatic heterocycles. The molecular formula is C8H9F4N3. The highest BCUT2D eigenvalue weighted by Crippen LogP contribution is 2.32. The molecule has 3 nitrogen and oxygen atoms in total. The number of aromatic nitrogens is 2. The first kappa shape index (κ1) is 11.7. The molecule has 0 fully saturated rings. The van der Waals surface area contributed by atoms with Crippen LogP contribution >= 0.6 is 0 Å². The van der Waals surface area contributed by atoms with Gasteiger partial charge >= 0.3 is 6.18 Å². The molecule has 0 amide bonds. The van der Waals surface area contributed by atoms with Gasteiger partial charge in [-0.2, -0.15) is 17.6 Å². The summed E-state index contributed by atoms with van der Waals surface area (Å²) in [6.07, 6.45) is -2.34. The Morgan fingerprint density at radius 3 is 2.13 bits per heavy atom. The van der Waals surface area contributed by atoms with Crippen molar-refractivity contribution < 1.29 is 17.6 Å². The van der Waals surface area contributed by atoms with Crippen molar-refractivity contribution in [1.82, 2.24) is 9.97 Å². The van der Waals surface area contributed by atoms with E-state index >= 15 is 0 Å². The third-order valence-corrected chi connectivity index (χ3v) is 1.79. The van der Waals surface area contributed by atoms with Gasteiger partial charge in [-0.05, 0) is 13.8 Å². The Bertz CT molecular complexity index is 348. The standard InChI is InChI=1S/C8H9F4N3/c1-7(2,8(10,11)12)15-6-5(9)13-3-4-14-6/h3-4H,1-2H3,(H,14,15). The van der Waals surface area contributed by atoms with E-state index in [-0.39, 0.29) is 0 Å². The second-order valence-corrected chi connectivity index (χ2v) is 3.44. The van der Waals surface area contributed by atoms with E-state index in [2.05, 4.69) is 9.97 Å². The van der Waals surface area contributed by atoms with Crippen molar-refractivity contribution in [2.75, 3.05) is 5.32 Å². The minimum atomic E-state index is -4.50. The number of hydrogen-bond donors (Lipinski definition) is 1. The highest BCUT2D eigenvalue weighted by Gasteiger charge is 2.48. The fourth-order valence-electron chi connectivity index (χ4n) is 0.772. The molecule has 0 unspecified atom stereocenters. The summed E-state index contributed by atoms with van der Waals surface area (Å²) in [6.45, 7) is 1.78. The van der Waals surface area contributed by atoms with Gasteiger partial charge in [-0.3, -0.25) is 0 Å². The zero-order valence-electron chi connectivity index (χ0n) is 8.06. The molecule has 7 heteroatoms. The van der Waals surface area contributed by atoms with Gasteiger partial charge < -0.3 is 5.32 Å². The molecule has 0 saturated heterocycles. The lowest BCUT2D eigenvalue weighted by atomic mass is 10.1. The fourth-order valence-corrected chi connectivity index (χ4v) is 0.772. The molecule has 0 aliphatic heterocycles. The van der Waals surface area contributed by atoms with Gasteiger partial charge in [-0.25, -0.2) is 9.97 Å². The van der Waals surface area contributed by atoms with Crippen LogP contribution < -0.4 is 5.32 Å². The molecular weight excluding hydrogens is 214 g/mol. The van der Waals surface area contributed by atoms with Crippen LogP contribution in [0.1, 0.15) is 13.8 Å². The molecule has 0 aromatic carbocycles. The normalized spacial score (nSPS) is 12.7. The van der Waals surface area contributed by atoms with E-state index in [0.717, 1.165) is 26.2 Å². The molecule has 0 saturated carbocycles. The average Bonchev–Trinajstić information content (AvgIpc) is 2.06. The van der Waals surface area contributed by atoms with Crippen LogP contribution in [0.25, 0.3) is 0 Å². The van der Waals surface area contributed by atoms with Crippen LogP contribution in [0.2, 0.25) is 0 Å². The van der Waals surface area contributed by atoms with Crippen LogP contribution in [-0.2, 0) is 0 Å². The van der Waals surface area contributed by atoms with Crippen molar-refractivity contribution in [3.8, 4) is 0 Å². The third-order valence-electron chi connectivity index (χ3n) is 1.79. The van der Waals surface area contributed by atoms with Crippen LogP contribution in [0.4, 0.5) is 23.4 Å². The lowest BCUT2D eigenvalue weighted by Gasteiger charge is -2.29. The highest BCUT2D eigenvalue weighted by atomic mass is 19.4. The van der Waals surface area contributed by atoms with Crippen molar-refractivity contribution in [1.29, 1.82) is 0 Å². The van der Waals surface area contributed by atoms with Crippen LogP contribution in [0.5, 0.6) is 0 Å². The minimum absolute atomic E-state index is 0.514. The first-order valence-electron chi connectivity index (χ1n) is 4.05. The second-order valence-electron chi connectivity index (χ2n) is 3.44. The number of hydrogen-bond acceptors (Lipinski definition) is 3. The summed E-state index contributed by atoms with van der Waals surface area (Å²) in [7, 11) is 0. The van der Waals surface area contributed by atoms with Gasteiger partial charge in [0.05, 0.1) is 0 Å². The van der Waals surface area contributed by atoms with Gasteiger partial charge in [0, 0.05) is 12.4 Å². The van der Waals surface area contributed by atoms with Gasteiger partial charge in [0.25, 0.3) is 5.95 Å². The molecule has 0 aliphatic rings. The molecule has 0 atom stereocenters. The smallest absolute Gasteiger partial charge is 0.353 e. The topological polar surface area (TPSA) is 37.8 Å². The summed E-state index contributed by atoms with van der Waals surface area (Å²) in [5, 5.41) is 1.95. The number of nitrogens with one attached hydrogen (secondary N) is 1. The number of anilines is 1. The van der Waals surface area contributed by atoms with Gasteiger partial charge in [-0.1, -0.05) is 0 Å². The average molecular weight is 223 g/mol. The number of rotatable bonds is 2. The predicted octanol–water partition coefficient (Wildman–Crippen LogP) is 2.37. The Kier molecular flexibility index (Phi) is 2.83. The molecule has 84 valence electrons. The SMILES string of the molecule is CC(C)(Nc1nccnc1F)C(F)(F)F. The number of alkyl halides is 3. The molecule has 15 heavy (non-hydrogen) atoms. The van der Waals surface area contributed by atoms with Crippen molar-refractivity contribution in [3.05, 3.63) is 18.3 Å². The maximum atomic E-state index is 12.9. The van der Waals surface area contributed by atoms with Crippen molar-refractivity contribution >= 4 is 5.82 Å². The van der Waals surface area contributed by atoms with Crippen molar-refractivity contribution in [2.24, 2.45) is 0 Å². The van der Waals surface area contributed by atoms with E-state index in [4.69, 9.17) is 0 Å². The van der Waals surface area contributed by atoms with E-state index < -0.39 is 23.5 Å². The lowest BCUT2D eigenvalue weighted by molar-refractivity contribution is -0.168. The zero-order valence-corrected chi connectivity index (χ0v) is 8.06. The predicted molar refractivity (Wildman–Crippen MR) is 45.7 cm³/mol. The van der Waals surface area contributed by atoms with Crippen LogP contribution in [0, 0.1) is 5.95 Å². The van der Waals surface area contributed by atoms with Crippen molar-refractivity contribution in [3.63, 3.8) is 0 Å². The summed E-state index contributed by atoms with van der Waals surface area (Å²) in [4.78, 5) is 6.61. The number of nitrogens with zero attached hydrogens (tertiary/aromatic N) is 2. The largest absolute Gasteiger partial charge is 0.410 e. The van der Waals surface area contributed by atoms with Crippen LogP contribution in [0.15, 0.2) is 12.4 Å². The molecule has 0 aliphatic carbocycles. The van der Waals surface area contributed by atoms with E-state index in [9.17, 15) is 17.6 Å². The van der Waals surface area contributed by atoms with E-state index in [1.54, 1.807) is 0 Å². The Balaban J connectivity index is 2.92. The van der Waals surface area contributed by atoms with Gasteiger partial charge in [-0.15, -0.1) is 0 Å². The Morgan fingerprint density at radius 1 is 1.13 bits per heavy atom. The molecule has 0 bridgehead atoms. The summed E-state index contributed by atoms with van der Waals surface area (Å²) >= 11 is 0. The molecule has 0 spiro atoms. The quantitative estimate of drug-likeness (QED) is 0.782. The molecule has 1 rings (SSSR count). The fraction of sp³-hybridized carbons (Fsp3) is 0.500. The third kappa shape index (κ3) is 2.54. The van der Waals surface area contributed by atoms with Gasteiger partial charge in [0.1, 0.15) is 5.54 Å². The summed E-state index contributed by atoms with van der Waals surface area (Å²) in [5.74, 6) is -1.57. The second kappa shape index (κ2) is 3.63. The summed E-state index contributed by atoms with van der Waals surface area (Å²) in [6, 6.07) is 0. The monoisotopic (exact) mass is 223 g/mol. The Labute approximate surface area is 83.5 Å². The Morgan fingerprint density at radius 2 is 1.67 bits per heavy atom.